The first-order chi connectivity index (χ1) is 9.41. The average molecular weight is 289 g/mol. The molecule has 1 unspecified atom stereocenters. The Kier molecular flexibility index (Phi) is 3.63. The maximum atomic E-state index is 13.4. The molecule has 106 valence electrons. The van der Waals surface area contributed by atoms with Crippen molar-refractivity contribution in [2.45, 2.75) is 13.0 Å². The van der Waals surface area contributed by atoms with Gasteiger partial charge in [0.25, 0.3) is 5.91 Å². The number of rotatable bonds is 3. The van der Waals surface area contributed by atoms with E-state index >= 15 is 0 Å². The highest BCUT2D eigenvalue weighted by molar-refractivity contribution is 5.94. The maximum Gasteiger partial charge on any atom is 0.255 e. The van der Waals surface area contributed by atoms with Crippen molar-refractivity contribution in [1.82, 2.24) is 25.9 Å². The molecule has 0 aliphatic rings. The van der Waals surface area contributed by atoms with Gasteiger partial charge in [-0.05, 0) is 13.0 Å². The molecule has 2 rings (SSSR count). The number of aromatic amines is 1. The zero-order valence-corrected chi connectivity index (χ0v) is 9.92. The van der Waals surface area contributed by atoms with E-state index in [4.69, 9.17) is 0 Å². The van der Waals surface area contributed by atoms with Crippen molar-refractivity contribution >= 4 is 5.91 Å². The van der Waals surface area contributed by atoms with Crippen LogP contribution in [-0.4, -0.2) is 26.5 Å². The lowest BCUT2D eigenvalue weighted by Crippen LogP contribution is -2.28. The van der Waals surface area contributed by atoms with Gasteiger partial charge in [0.05, 0.1) is 11.6 Å². The fraction of sp³-hybridized carbons (Fsp3) is 0.200. The molecule has 0 spiro atoms. The number of benzene rings is 1. The molecule has 1 heterocycles. The topological polar surface area (TPSA) is 83.6 Å². The number of carbonyl (C=O) groups is 1. The van der Waals surface area contributed by atoms with Crippen LogP contribution in [0.1, 0.15) is 29.1 Å². The smallest absolute Gasteiger partial charge is 0.255 e. The summed E-state index contributed by atoms with van der Waals surface area (Å²) in [5.74, 6) is -8.53. The SMILES string of the molecule is CC(NC(=O)c1cc(F)c(F)c(F)c1F)c1nn[nH]n1. The van der Waals surface area contributed by atoms with Crippen molar-refractivity contribution in [3.8, 4) is 0 Å². The number of tetrazole rings is 1. The molecule has 0 fully saturated rings. The lowest BCUT2D eigenvalue weighted by molar-refractivity contribution is 0.0932. The van der Waals surface area contributed by atoms with Gasteiger partial charge in [0.15, 0.2) is 29.1 Å². The standard InChI is InChI=1S/C10H7F4N5O/c1-3(9-16-18-19-17-9)15-10(20)4-2-5(11)7(13)8(14)6(4)12/h2-3H,1H3,(H,15,20)(H,16,17,18,19). The van der Waals surface area contributed by atoms with Crippen LogP contribution in [0.2, 0.25) is 0 Å². The number of hydrogen-bond acceptors (Lipinski definition) is 4. The quantitative estimate of drug-likeness (QED) is 0.506. The molecule has 6 nitrogen and oxygen atoms in total. The molecule has 20 heavy (non-hydrogen) atoms. The molecule has 1 aromatic heterocycles. The molecule has 1 atom stereocenters. The van der Waals surface area contributed by atoms with Crippen molar-refractivity contribution in [2.75, 3.05) is 0 Å². The van der Waals surface area contributed by atoms with E-state index in [0.717, 1.165) is 0 Å². The molecule has 0 saturated heterocycles. The van der Waals surface area contributed by atoms with E-state index in [1.165, 1.54) is 6.92 Å². The Morgan fingerprint density at radius 2 is 1.95 bits per heavy atom. The number of carbonyl (C=O) groups excluding carboxylic acids is 1. The summed E-state index contributed by atoms with van der Waals surface area (Å²) in [6.45, 7) is 1.44. The van der Waals surface area contributed by atoms with E-state index in [9.17, 15) is 22.4 Å². The molecule has 0 bridgehead atoms. The zero-order chi connectivity index (χ0) is 14.9. The zero-order valence-electron chi connectivity index (χ0n) is 9.92. The molecular weight excluding hydrogens is 282 g/mol. The first-order valence-electron chi connectivity index (χ1n) is 5.29. The van der Waals surface area contributed by atoms with Gasteiger partial charge in [-0.1, -0.05) is 5.21 Å². The largest absolute Gasteiger partial charge is 0.342 e. The van der Waals surface area contributed by atoms with Gasteiger partial charge in [-0.2, -0.15) is 5.21 Å². The van der Waals surface area contributed by atoms with Crippen LogP contribution >= 0.6 is 0 Å². The fourth-order valence-electron chi connectivity index (χ4n) is 1.43. The van der Waals surface area contributed by atoms with E-state index < -0.39 is 40.8 Å². The van der Waals surface area contributed by atoms with Gasteiger partial charge in [0.1, 0.15) is 0 Å². The highest BCUT2D eigenvalue weighted by Gasteiger charge is 2.24. The lowest BCUT2D eigenvalue weighted by Gasteiger charge is -2.11. The van der Waals surface area contributed by atoms with Gasteiger partial charge >= 0.3 is 0 Å². The van der Waals surface area contributed by atoms with Crippen LogP contribution < -0.4 is 5.32 Å². The molecule has 0 saturated carbocycles. The summed E-state index contributed by atoms with van der Waals surface area (Å²) in [6, 6.07) is -0.525. The van der Waals surface area contributed by atoms with Gasteiger partial charge in [-0.15, -0.1) is 10.2 Å². The molecule has 2 N–H and O–H groups in total. The predicted molar refractivity (Wildman–Crippen MR) is 56.3 cm³/mol. The van der Waals surface area contributed by atoms with E-state index in [0.29, 0.717) is 0 Å². The first kappa shape index (κ1) is 13.9. The van der Waals surface area contributed by atoms with Crippen LogP contribution in [0.4, 0.5) is 17.6 Å². The third-order valence-corrected chi connectivity index (χ3v) is 2.44. The maximum absolute atomic E-state index is 13.4. The average Bonchev–Trinajstić information content (AvgIpc) is 2.94. The molecular formula is C10H7F4N5O. The van der Waals surface area contributed by atoms with Gasteiger partial charge in [0.2, 0.25) is 0 Å². The van der Waals surface area contributed by atoms with Crippen molar-refractivity contribution in [3.63, 3.8) is 0 Å². The number of nitrogens with zero attached hydrogens (tertiary/aromatic N) is 3. The Bertz CT molecular complexity index is 646. The Balaban J connectivity index is 2.26. The van der Waals surface area contributed by atoms with Crippen molar-refractivity contribution in [1.29, 1.82) is 0 Å². The summed E-state index contributed by atoms with van der Waals surface area (Å²) in [7, 11) is 0. The predicted octanol–water partition coefficient (Wildman–Crippen LogP) is 1.25. The van der Waals surface area contributed by atoms with E-state index in [1.54, 1.807) is 0 Å². The Morgan fingerprint density at radius 1 is 1.25 bits per heavy atom. The second-order valence-electron chi connectivity index (χ2n) is 3.81. The Hall–Kier alpha value is -2.52. The van der Waals surface area contributed by atoms with Crippen LogP contribution in [0, 0.1) is 23.3 Å². The summed E-state index contributed by atoms with van der Waals surface area (Å²) >= 11 is 0. The van der Waals surface area contributed by atoms with Crippen molar-refractivity contribution in [3.05, 3.63) is 40.7 Å². The van der Waals surface area contributed by atoms with E-state index in [-0.39, 0.29) is 11.9 Å². The van der Waals surface area contributed by atoms with Gasteiger partial charge < -0.3 is 5.32 Å². The first-order valence-corrected chi connectivity index (χ1v) is 5.29. The Morgan fingerprint density at radius 3 is 2.55 bits per heavy atom. The number of aromatic nitrogens is 4. The van der Waals surface area contributed by atoms with Crippen LogP contribution in [0.5, 0.6) is 0 Å². The summed E-state index contributed by atoms with van der Waals surface area (Å²) < 4.78 is 52.2. The summed E-state index contributed by atoms with van der Waals surface area (Å²) in [6.07, 6.45) is 0. The van der Waals surface area contributed by atoms with Crippen LogP contribution in [0.15, 0.2) is 6.07 Å². The Labute approximate surface area is 109 Å². The molecule has 0 radical (unpaired) electrons. The van der Waals surface area contributed by atoms with Crippen molar-refractivity contribution < 1.29 is 22.4 Å². The molecule has 10 heteroatoms. The van der Waals surface area contributed by atoms with Crippen LogP contribution in [0.3, 0.4) is 0 Å². The molecule has 0 aliphatic carbocycles. The summed E-state index contributed by atoms with van der Waals surface area (Å²) in [5.41, 5.74) is -0.961. The molecule has 1 amide bonds. The summed E-state index contributed by atoms with van der Waals surface area (Å²) in [5, 5.41) is 14.7. The van der Waals surface area contributed by atoms with E-state index in [2.05, 4.69) is 25.9 Å². The minimum Gasteiger partial charge on any atom is -0.342 e. The van der Waals surface area contributed by atoms with E-state index in [1.807, 2.05) is 0 Å². The second kappa shape index (κ2) is 5.23. The number of H-pyrrole nitrogens is 1. The summed E-state index contributed by atoms with van der Waals surface area (Å²) in [4.78, 5) is 11.7. The number of nitrogens with one attached hydrogen (secondary N) is 2. The normalized spacial score (nSPS) is 12.2. The van der Waals surface area contributed by atoms with Gasteiger partial charge in [-0.25, -0.2) is 17.6 Å². The number of hydrogen-bond donors (Lipinski definition) is 2. The van der Waals surface area contributed by atoms with Gasteiger partial charge in [0, 0.05) is 0 Å². The fourth-order valence-corrected chi connectivity index (χ4v) is 1.43. The third-order valence-electron chi connectivity index (χ3n) is 2.44. The van der Waals surface area contributed by atoms with Gasteiger partial charge in [-0.3, -0.25) is 4.79 Å². The molecule has 2 aromatic rings. The van der Waals surface area contributed by atoms with Crippen LogP contribution in [0.25, 0.3) is 0 Å². The highest BCUT2D eigenvalue weighted by atomic mass is 19.2. The number of amides is 1. The number of halogens is 4. The molecule has 1 aromatic carbocycles. The lowest BCUT2D eigenvalue weighted by atomic mass is 10.1. The minimum atomic E-state index is -2.05. The monoisotopic (exact) mass is 289 g/mol. The van der Waals surface area contributed by atoms with Crippen molar-refractivity contribution in [2.24, 2.45) is 0 Å². The molecule has 0 aliphatic heterocycles. The highest BCUT2D eigenvalue weighted by Crippen LogP contribution is 2.19. The third kappa shape index (κ3) is 2.44. The van der Waals surface area contributed by atoms with Crippen LogP contribution in [-0.2, 0) is 0 Å². The second-order valence-corrected chi connectivity index (χ2v) is 3.81. The minimum absolute atomic E-state index is 0.0850.